The summed E-state index contributed by atoms with van der Waals surface area (Å²) in [5, 5.41) is 6.53. The third-order valence-electron chi connectivity index (χ3n) is 4.56. The van der Waals surface area contributed by atoms with Gasteiger partial charge >= 0.3 is 5.97 Å². The van der Waals surface area contributed by atoms with E-state index in [4.69, 9.17) is 14.2 Å². The zero-order chi connectivity index (χ0) is 19.9. The van der Waals surface area contributed by atoms with E-state index < -0.39 is 5.97 Å². The highest BCUT2D eigenvalue weighted by Crippen LogP contribution is 2.27. The van der Waals surface area contributed by atoms with Crippen molar-refractivity contribution in [2.75, 3.05) is 27.8 Å². The summed E-state index contributed by atoms with van der Waals surface area (Å²) < 4.78 is 16.0. The fourth-order valence-electron chi connectivity index (χ4n) is 3.12. The van der Waals surface area contributed by atoms with Gasteiger partial charge in [0.2, 0.25) is 0 Å². The van der Waals surface area contributed by atoms with Gasteiger partial charge in [0.1, 0.15) is 23.2 Å². The zero-order valence-corrected chi connectivity index (χ0v) is 16.3. The van der Waals surface area contributed by atoms with Gasteiger partial charge in [0.15, 0.2) is 5.96 Å². The molecule has 1 aliphatic heterocycles. The maximum atomic E-state index is 11.9. The third kappa shape index (κ3) is 4.54. The summed E-state index contributed by atoms with van der Waals surface area (Å²) in [5.41, 5.74) is 2.53. The van der Waals surface area contributed by atoms with Gasteiger partial charge in [-0.3, -0.25) is 4.99 Å². The van der Waals surface area contributed by atoms with E-state index in [1.807, 2.05) is 24.3 Å². The van der Waals surface area contributed by atoms with Crippen LogP contribution in [0.5, 0.6) is 11.5 Å². The second-order valence-electron chi connectivity index (χ2n) is 6.38. The van der Waals surface area contributed by atoms with Gasteiger partial charge < -0.3 is 24.8 Å². The minimum absolute atomic E-state index is 0.0721. The van der Waals surface area contributed by atoms with Gasteiger partial charge in [-0.1, -0.05) is 24.3 Å². The van der Waals surface area contributed by atoms with Crippen LogP contribution in [0.4, 0.5) is 0 Å². The normalized spacial score (nSPS) is 15.4. The molecule has 0 spiro atoms. The first kappa shape index (κ1) is 19.5. The number of carbonyl (C=O) groups is 1. The van der Waals surface area contributed by atoms with Gasteiger partial charge in [-0.05, 0) is 29.3 Å². The number of nitrogens with zero attached hydrogens (tertiary/aromatic N) is 1. The van der Waals surface area contributed by atoms with Crippen molar-refractivity contribution < 1.29 is 19.0 Å². The van der Waals surface area contributed by atoms with E-state index in [2.05, 4.69) is 21.7 Å². The Morgan fingerprint density at radius 1 is 1.21 bits per heavy atom. The van der Waals surface area contributed by atoms with Crippen molar-refractivity contribution in [1.82, 2.24) is 10.6 Å². The molecule has 7 heteroatoms. The number of esters is 1. The number of carbonyl (C=O) groups excluding carboxylic acids is 1. The van der Waals surface area contributed by atoms with Crippen molar-refractivity contribution in [3.05, 3.63) is 59.2 Å². The van der Waals surface area contributed by atoms with Crippen LogP contribution in [0.25, 0.3) is 0 Å². The molecule has 0 radical (unpaired) electrons. The molecule has 1 unspecified atom stereocenters. The number of rotatable bonds is 6. The summed E-state index contributed by atoms with van der Waals surface area (Å²) in [6.07, 6.45) is 0.948. The summed E-state index contributed by atoms with van der Waals surface area (Å²) in [4.78, 5) is 16.2. The molecule has 0 amide bonds. The van der Waals surface area contributed by atoms with E-state index in [1.165, 1.54) is 19.8 Å². The first-order chi connectivity index (χ1) is 13.6. The largest absolute Gasteiger partial charge is 0.496 e. The molecule has 28 heavy (non-hydrogen) atoms. The fraction of sp³-hybridized carbons (Fsp3) is 0.333. The Bertz CT molecular complexity index is 841. The Morgan fingerprint density at radius 3 is 2.75 bits per heavy atom. The number of nitrogens with one attached hydrogen (secondary N) is 2. The van der Waals surface area contributed by atoms with Crippen molar-refractivity contribution in [1.29, 1.82) is 0 Å². The number of fused-ring (bicyclic) bond motifs is 1. The van der Waals surface area contributed by atoms with Crippen LogP contribution in [0.3, 0.4) is 0 Å². The van der Waals surface area contributed by atoms with Crippen LogP contribution in [0.1, 0.15) is 21.5 Å². The van der Waals surface area contributed by atoms with Gasteiger partial charge in [0.25, 0.3) is 0 Å². The molecule has 0 fully saturated rings. The monoisotopic (exact) mass is 383 g/mol. The van der Waals surface area contributed by atoms with Crippen molar-refractivity contribution in [3.8, 4) is 11.5 Å². The average molecular weight is 383 g/mol. The molecule has 2 aromatic carbocycles. The first-order valence-electron chi connectivity index (χ1n) is 9.09. The number of benzene rings is 2. The summed E-state index contributed by atoms with van der Waals surface area (Å²) in [5.74, 6) is 1.66. The summed E-state index contributed by atoms with van der Waals surface area (Å²) in [6.45, 7) is 1.14. The fourth-order valence-corrected chi connectivity index (χ4v) is 3.12. The highest BCUT2D eigenvalue weighted by molar-refractivity contribution is 5.92. The molecule has 2 N–H and O–H groups in total. The lowest BCUT2D eigenvalue weighted by atomic mass is 10.1. The summed E-state index contributed by atoms with van der Waals surface area (Å²) in [7, 11) is 4.59. The SMILES string of the molecule is CN=C(NCc1ccc(OC)c(C(=O)OC)c1)NCC1Cc2ccccc2O1. The van der Waals surface area contributed by atoms with Gasteiger partial charge in [-0.2, -0.15) is 0 Å². The number of hydrogen-bond donors (Lipinski definition) is 2. The Balaban J connectivity index is 1.54. The van der Waals surface area contributed by atoms with Gasteiger partial charge in [0.05, 0.1) is 20.8 Å². The molecule has 1 heterocycles. The predicted molar refractivity (Wildman–Crippen MR) is 107 cm³/mol. The highest BCUT2D eigenvalue weighted by Gasteiger charge is 2.22. The van der Waals surface area contributed by atoms with Crippen LogP contribution < -0.4 is 20.1 Å². The number of aliphatic imine (C=N–C) groups is 1. The molecule has 2 aromatic rings. The van der Waals surface area contributed by atoms with Crippen LogP contribution in [0.2, 0.25) is 0 Å². The van der Waals surface area contributed by atoms with Crippen LogP contribution >= 0.6 is 0 Å². The maximum Gasteiger partial charge on any atom is 0.341 e. The van der Waals surface area contributed by atoms with Crippen molar-refractivity contribution >= 4 is 11.9 Å². The third-order valence-corrected chi connectivity index (χ3v) is 4.56. The first-order valence-corrected chi connectivity index (χ1v) is 9.09. The Kier molecular flexibility index (Phi) is 6.37. The topological polar surface area (TPSA) is 81.2 Å². The average Bonchev–Trinajstić information content (AvgIpc) is 3.16. The van der Waals surface area contributed by atoms with Crippen LogP contribution in [0, 0.1) is 0 Å². The van der Waals surface area contributed by atoms with E-state index in [0.717, 1.165) is 17.7 Å². The van der Waals surface area contributed by atoms with Crippen molar-refractivity contribution in [3.63, 3.8) is 0 Å². The summed E-state index contributed by atoms with van der Waals surface area (Å²) in [6, 6.07) is 13.5. The molecule has 1 atom stereocenters. The van der Waals surface area contributed by atoms with Gasteiger partial charge in [-0.15, -0.1) is 0 Å². The second kappa shape index (κ2) is 9.12. The second-order valence-corrected chi connectivity index (χ2v) is 6.38. The van der Waals surface area contributed by atoms with Crippen LogP contribution in [-0.2, 0) is 17.7 Å². The van der Waals surface area contributed by atoms with E-state index in [1.54, 1.807) is 19.2 Å². The number of ether oxygens (including phenoxy) is 3. The Hall–Kier alpha value is -3.22. The molecular formula is C21H25N3O4. The minimum atomic E-state index is -0.431. The molecule has 0 aromatic heterocycles. The van der Waals surface area contributed by atoms with Gasteiger partial charge in [0, 0.05) is 20.0 Å². The lowest BCUT2D eigenvalue weighted by Crippen LogP contribution is -2.41. The highest BCUT2D eigenvalue weighted by atomic mass is 16.5. The molecule has 1 aliphatic rings. The Labute approximate surface area is 164 Å². The molecule has 0 bridgehead atoms. The maximum absolute atomic E-state index is 11.9. The quantitative estimate of drug-likeness (QED) is 0.452. The molecule has 148 valence electrons. The Morgan fingerprint density at radius 2 is 2.04 bits per heavy atom. The molecule has 0 saturated heterocycles. The zero-order valence-electron chi connectivity index (χ0n) is 16.3. The van der Waals surface area contributed by atoms with Crippen molar-refractivity contribution in [2.24, 2.45) is 4.99 Å². The minimum Gasteiger partial charge on any atom is -0.496 e. The summed E-state index contributed by atoms with van der Waals surface area (Å²) >= 11 is 0. The molecule has 7 nitrogen and oxygen atoms in total. The van der Waals surface area contributed by atoms with Crippen molar-refractivity contribution in [2.45, 2.75) is 19.1 Å². The number of hydrogen-bond acceptors (Lipinski definition) is 5. The predicted octanol–water partition coefficient (Wildman–Crippen LogP) is 2.15. The number of methoxy groups -OCH3 is 2. The molecule has 3 rings (SSSR count). The lowest BCUT2D eigenvalue weighted by Gasteiger charge is -2.16. The van der Waals surface area contributed by atoms with E-state index in [-0.39, 0.29) is 6.10 Å². The molecular weight excluding hydrogens is 358 g/mol. The van der Waals surface area contributed by atoms with E-state index >= 15 is 0 Å². The van der Waals surface area contributed by atoms with E-state index in [0.29, 0.717) is 30.4 Å². The van der Waals surface area contributed by atoms with E-state index in [9.17, 15) is 4.79 Å². The standard InChI is InChI=1S/C21H25N3O4/c1-22-21(24-13-16-11-15-6-4-5-7-18(15)28-16)23-12-14-8-9-19(26-2)17(10-14)20(25)27-3/h4-10,16H,11-13H2,1-3H3,(H2,22,23,24). The molecule has 0 saturated carbocycles. The number of guanidine groups is 1. The number of para-hydroxylation sites is 1. The van der Waals surface area contributed by atoms with Crippen LogP contribution in [-0.4, -0.2) is 45.8 Å². The lowest BCUT2D eigenvalue weighted by molar-refractivity contribution is 0.0597. The smallest absolute Gasteiger partial charge is 0.341 e. The molecule has 0 aliphatic carbocycles. The van der Waals surface area contributed by atoms with Gasteiger partial charge in [-0.25, -0.2) is 4.79 Å². The van der Waals surface area contributed by atoms with Crippen LogP contribution in [0.15, 0.2) is 47.5 Å².